The minimum atomic E-state index is -4.36. The van der Waals surface area contributed by atoms with Crippen LogP contribution < -0.4 is 5.32 Å². The number of hydrogen-bond acceptors (Lipinski definition) is 2. The standard InChI is InChI=1S/C14H17F4NO.ClH/c15-12-3-1-10(2-4-12)13(20-9-14(16,17)18)11-5-7-19-8-6-11;/h1-4,11,13,19H,5-9H2;1H. The van der Waals surface area contributed by atoms with Gasteiger partial charge in [0.1, 0.15) is 12.4 Å². The van der Waals surface area contributed by atoms with Gasteiger partial charge in [0.2, 0.25) is 0 Å². The Kier molecular flexibility index (Phi) is 6.90. The monoisotopic (exact) mass is 327 g/mol. The molecule has 1 N–H and O–H groups in total. The van der Waals surface area contributed by atoms with Gasteiger partial charge in [0, 0.05) is 0 Å². The Hall–Kier alpha value is -0.850. The zero-order valence-electron chi connectivity index (χ0n) is 11.3. The van der Waals surface area contributed by atoms with Gasteiger partial charge in [-0.15, -0.1) is 12.4 Å². The highest BCUT2D eigenvalue weighted by Gasteiger charge is 2.33. The maximum Gasteiger partial charge on any atom is 0.411 e. The van der Waals surface area contributed by atoms with Gasteiger partial charge in [-0.2, -0.15) is 13.2 Å². The number of ether oxygens (including phenoxy) is 1. The van der Waals surface area contributed by atoms with Crippen molar-refractivity contribution in [2.24, 2.45) is 5.92 Å². The van der Waals surface area contributed by atoms with E-state index in [0.717, 1.165) is 25.9 Å². The maximum atomic E-state index is 12.9. The first kappa shape index (κ1) is 18.2. The molecule has 7 heteroatoms. The Bertz CT molecular complexity index is 418. The van der Waals surface area contributed by atoms with E-state index in [9.17, 15) is 17.6 Å². The van der Waals surface area contributed by atoms with Gasteiger partial charge in [-0.25, -0.2) is 4.39 Å². The fourth-order valence-corrected chi connectivity index (χ4v) is 2.49. The summed E-state index contributed by atoms with van der Waals surface area (Å²) < 4.78 is 55.1. The summed E-state index contributed by atoms with van der Waals surface area (Å²) in [5.41, 5.74) is 0.600. The SMILES string of the molecule is Cl.Fc1ccc(C(OCC(F)(F)F)C2CCNCC2)cc1. The summed E-state index contributed by atoms with van der Waals surface area (Å²) in [6, 6.07) is 5.50. The van der Waals surface area contributed by atoms with Crippen LogP contribution in [-0.2, 0) is 4.74 Å². The molecule has 1 atom stereocenters. The molecule has 0 amide bonds. The molecular formula is C14H18ClF4NO. The van der Waals surface area contributed by atoms with Crippen molar-refractivity contribution in [3.05, 3.63) is 35.6 Å². The molecular weight excluding hydrogens is 310 g/mol. The van der Waals surface area contributed by atoms with Crippen molar-refractivity contribution >= 4 is 12.4 Å². The summed E-state index contributed by atoms with van der Waals surface area (Å²) in [5.74, 6) is -0.391. The van der Waals surface area contributed by atoms with Crippen LogP contribution in [0.2, 0.25) is 0 Å². The van der Waals surface area contributed by atoms with E-state index in [4.69, 9.17) is 4.74 Å². The third kappa shape index (κ3) is 5.80. The molecule has 0 radical (unpaired) electrons. The van der Waals surface area contributed by atoms with Gasteiger partial charge in [-0.3, -0.25) is 0 Å². The van der Waals surface area contributed by atoms with E-state index in [1.807, 2.05) is 0 Å². The number of alkyl halides is 3. The van der Waals surface area contributed by atoms with Gasteiger partial charge in [0.05, 0.1) is 6.10 Å². The van der Waals surface area contributed by atoms with Gasteiger partial charge in [-0.1, -0.05) is 12.1 Å². The number of hydrogen-bond donors (Lipinski definition) is 1. The van der Waals surface area contributed by atoms with Crippen molar-refractivity contribution in [2.45, 2.75) is 25.1 Å². The Morgan fingerprint density at radius 2 is 1.71 bits per heavy atom. The molecule has 0 aliphatic carbocycles. The molecule has 0 bridgehead atoms. The Labute approximate surface area is 127 Å². The van der Waals surface area contributed by atoms with Crippen LogP contribution in [0.3, 0.4) is 0 Å². The number of rotatable bonds is 4. The fraction of sp³-hybridized carbons (Fsp3) is 0.571. The predicted molar refractivity (Wildman–Crippen MR) is 74.0 cm³/mol. The highest BCUT2D eigenvalue weighted by atomic mass is 35.5. The van der Waals surface area contributed by atoms with Crippen LogP contribution in [-0.4, -0.2) is 25.9 Å². The smallest absolute Gasteiger partial charge is 0.364 e. The van der Waals surface area contributed by atoms with E-state index in [1.54, 1.807) is 0 Å². The average molecular weight is 328 g/mol. The second-order valence-corrected chi connectivity index (χ2v) is 4.99. The van der Waals surface area contributed by atoms with Crippen LogP contribution in [0.1, 0.15) is 24.5 Å². The number of benzene rings is 1. The molecule has 120 valence electrons. The normalized spacial score (nSPS) is 18.1. The lowest BCUT2D eigenvalue weighted by Gasteiger charge is -2.31. The maximum absolute atomic E-state index is 12.9. The Balaban J connectivity index is 0.00000220. The molecule has 1 fully saturated rings. The molecule has 1 aromatic carbocycles. The summed E-state index contributed by atoms with van der Waals surface area (Å²) in [4.78, 5) is 0. The van der Waals surface area contributed by atoms with Crippen molar-refractivity contribution in [2.75, 3.05) is 19.7 Å². The van der Waals surface area contributed by atoms with E-state index in [2.05, 4.69) is 5.32 Å². The van der Waals surface area contributed by atoms with Crippen molar-refractivity contribution in [3.8, 4) is 0 Å². The first-order valence-corrected chi connectivity index (χ1v) is 6.60. The largest absolute Gasteiger partial charge is 0.411 e. The Morgan fingerprint density at radius 1 is 1.14 bits per heavy atom. The predicted octanol–water partition coefficient (Wildman–Crippen LogP) is 3.87. The van der Waals surface area contributed by atoms with Crippen LogP contribution in [0, 0.1) is 11.7 Å². The summed E-state index contributed by atoms with van der Waals surface area (Å²) in [6.45, 7) is 0.244. The van der Waals surface area contributed by atoms with Crippen molar-refractivity contribution in [1.82, 2.24) is 5.32 Å². The van der Waals surface area contributed by atoms with Crippen LogP contribution in [0.15, 0.2) is 24.3 Å². The van der Waals surface area contributed by atoms with E-state index in [-0.39, 0.29) is 18.3 Å². The minimum Gasteiger partial charge on any atom is -0.364 e. The zero-order chi connectivity index (χ0) is 14.6. The molecule has 0 aromatic heterocycles. The minimum absolute atomic E-state index is 0. The molecule has 0 saturated carbocycles. The van der Waals surface area contributed by atoms with E-state index in [1.165, 1.54) is 24.3 Å². The molecule has 21 heavy (non-hydrogen) atoms. The summed E-state index contributed by atoms with van der Waals surface area (Å²) >= 11 is 0. The number of piperidine rings is 1. The highest BCUT2D eigenvalue weighted by molar-refractivity contribution is 5.85. The molecule has 1 heterocycles. The lowest BCUT2D eigenvalue weighted by Crippen LogP contribution is -2.33. The molecule has 2 nitrogen and oxygen atoms in total. The van der Waals surface area contributed by atoms with Crippen LogP contribution >= 0.6 is 12.4 Å². The molecule has 1 saturated heterocycles. The lowest BCUT2D eigenvalue weighted by molar-refractivity contribution is -0.192. The molecule has 0 spiro atoms. The highest BCUT2D eigenvalue weighted by Crippen LogP contribution is 2.33. The van der Waals surface area contributed by atoms with E-state index >= 15 is 0 Å². The third-order valence-corrected chi connectivity index (χ3v) is 3.44. The summed E-state index contributed by atoms with van der Waals surface area (Å²) in [7, 11) is 0. The Morgan fingerprint density at radius 3 is 2.24 bits per heavy atom. The molecule has 1 aliphatic heterocycles. The van der Waals surface area contributed by atoms with Gasteiger partial charge in [-0.05, 0) is 49.5 Å². The summed E-state index contributed by atoms with van der Waals surface area (Å²) in [5, 5.41) is 3.16. The van der Waals surface area contributed by atoms with Gasteiger partial charge < -0.3 is 10.1 Å². The topological polar surface area (TPSA) is 21.3 Å². The zero-order valence-corrected chi connectivity index (χ0v) is 12.1. The fourth-order valence-electron chi connectivity index (χ4n) is 2.49. The molecule has 1 unspecified atom stereocenters. The quantitative estimate of drug-likeness (QED) is 0.848. The second-order valence-electron chi connectivity index (χ2n) is 4.99. The number of halogens is 5. The van der Waals surface area contributed by atoms with Gasteiger partial charge in [0.25, 0.3) is 0 Å². The van der Waals surface area contributed by atoms with Crippen LogP contribution in [0.5, 0.6) is 0 Å². The van der Waals surface area contributed by atoms with Crippen LogP contribution in [0.4, 0.5) is 17.6 Å². The summed E-state index contributed by atoms with van der Waals surface area (Å²) in [6.07, 6.45) is -3.50. The average Bonchev–Trinajstić information content (AvgIpc) is 2.41. The van der Waals surface area contributed by atoms with Crippen molar-refractivity contribution in [3.63, 3.8) is 0 Å². The molecule has 2 rings (SSSR count). The van der Waals surface area contributed by atoms with Gasteiger partial charge >= 0.3 is 6.18 Å². The van der Waals surface area contributed by atoms with Crippen LogP contribution in [0.25, 0.3) is 0 Å². The van der Waals surface area contributed by atoms with Crippen molar-refractivity contribution in [1.29, 1.82) is 0 Å². The lowest BCUT2D eigenvalue weighted by atomic mass is 9.88. The van der Waals surface area contributed by atoms with Gasteiger partial charge in [0.15, 0.2) is 0 Å². The number of nitrogens with one attached hydrogen (secondary N) is 1. The molecule has 1 aliphatic rings. The van der Waals surface area contributed by atoms with Crippen molar-refractivity contribution < 1.29 is 22.3 Å². The third-order valence-electron chi connectivity index (χ3n) is 3.44. The van der Waals surface area contributed by atoms with E-state index in [0.29, 0.717) is 5.56 Å². The second kappa shape index (κ2) is 7.96. The first-order valence-electron chi connectivity index (χ1n) is 6.60. The van der Waals surface area contributed by atoms with E-state index < -0.39 is 24.7 Å². The molecule has 1 aromatic rings. The first-order chi connectivity index (χ1) is 9.46.